The molecule has 154 valence electrons. The van der Waals surface area contributed by atoms with Crippen molar-refractivity contribution in [3.8, 4) is 5.75 Å². The van der Waals surface area contributed by atoms with Crippen LogP contribution in [0.25, 0.3) is 10.2 Å². The molecule has 4 aromatic rings. The number of carbonyl (C=O) groups excluding carboxylic acids is 1. The number of aryl methyl sites for hydroxylation is 2. The summed E-state index contributed by atoms with van der Waals surface area (Å²) in [6.45, 7) is 4.12. The van der Waals surface area contributed by atoms with Gasteiger partial charge in [-0.1, -0.05) is 17.8 Å². The maximum atomic E-state index is 13.2. The topological polar surface area (TPSA) is 97.4 Å². The van der Waals surface area contributed by atoms with Gasteiger partial charge in [-0.05, 0) is 43.7 Å². The predicted molar refractivity (Wildman–Crippen MR) is 119 cm³/mol. The van der Waals surface area contributed by atoms with Gasteiger partial charge < -0.3 is 14.8 Å². The standard InChI is InChI=1S/C21H19N3O4S2/c1-12-13(2)30-19-18(12)20(27)24(10-16-7-4-8-28-16)21(23-19)29-11-17(26)22-14-5-3-6-15(25)9-14/h3-9,25H,10-11H2,1-2H3,(H,22,26). The van der Waals surface area contributed by atoms with E-state index in [1.165, 1.54) is 35.2 Å². The van der Waals surface area contributed by atoms with Crippen molar-refractivity contribution in [2.75, 3.05) is 11.1 Å². The van der Waals surface area contributed by atoms with Gasteiger partial charge in [-0.3, -0.25) is 14.2 Å². The zero-order valence-corrected chi connectivity index (χ0v) is 18.0. The zero-order chi connectivity index (χ0) is 21.3. The molecular formula is C21H19N3O4S2. The minimum Gasteiger partial charge on any atom is -0.508 e. The van der Waals surface area contributed by atoms with Crippen LogP contribution in [0.2, 0.25) is 0 Å². The van der Waals surface area contributed by atoms with Crippen LogP contribution in [-0.2, 0) is 11.3 Å². The number of nitrogens with zero attached hydrogens (tertiary/aromatic N) is 2. The summed E-state index contributed by atoms with van der Waals surface area (Å²) >= 11 is 2.66. The molecule has 1 aromatic carbocycles. The molecule has 0 spiro atoms. The fourth-order valence-electron chi connectivity index (χ4n) is 3.03. The summed E-state index contributed by atoms with van der Waals surface area (Å²) in [5.41, 5.74) is 1.29. The smallest absolute Gasteiger partial charge is 0.263 e. The number of thioether (sulfide) groups is 1. The van der Waals surface area contributed by atoms with Gasteiger partial charge in [-0.15, -0.1) is 11.3 Å². The van der Waals surface area contributed by atoms with Crippen molar-refractivity contribution in [2.24, 2.45) is 0 Å². The van der Waals surface area contributed by atoms with Crippen molar-refractivity contribution >= 4 is 44.9 Å². The molecule has 0 radical (unpaired) electrons. The van der Waals surface area contributed by atoms with E-state index in [-0.39, 0.29) is 29.5 Å². The molecule has 0 saturated carbocycles. The quantitative estimate of drug-likeness (QED) is 0.345. The summed E-state index contributed by atoms with van der Waals surface area (Å²) in [5, 5.41) is 13.3. The molecule has 0 aliphatic carbocycles. The molecule has 0 fully saturated rings. The third-order valence-electron chi connectivity index (χ3n) is 4.61. The van der Waals surface area contributed by atoms with Gasteiger partial charge in [0.15, 0.2) is 5.16 Å². The summed E-state index contributed by atoms with van der Waals surface area (Å²) < 4.78 is 6.96. The van der Waals surface area contributed by atoms with Crippen LogP contribution in [0.5, 0.6) is 5.75 Å². The third kappa shape index (κ3) is 4.12. The summed E-state index contributed by atoms with van der Waals surface area (Å²) in [4.78, 5) is 32.0. The maximum Gasteiger partial charge on any atom is 0.263 e. The first-order valence-electron chi connectivity index (χ1n) is 9.17. The van der Waals surface area contributed by atoms with E-state index in [9.17, 15) is 14.7 Å². The van der Waals surface area contributed by atoms with Crippen LogP contribution in [-0.4, -0.2) is 26.3 Å². The molecule has 30 heavy (non-hydrogen) atoms. The molecule has 0 aliphatic rings. The van der Waals surface area contributed by atoms with Gasteiger partial charge in [-0.25, -0.2) is 4.98 Å². The Bertz CT molecular complexity index is 1280. The van der Waals surface area contributed by atoms with E-state index in [0.29, 0.717) is 26.8 Å². The van der Waals surface area contributed by atoms with Crippen LogP contribution in [0, 0.1) is 13.8 Å². The fraction of sp³-hybridized carbons (Fsp3) is 0.190. The van der Waals surface area contributed by atoms with E-state index < -0.39 is 0 Å². The van der Waals surface area contributed by atoms with Crippen molar-refractivity contribution in [1.82, 2.24) is 9.55 Å². The van der Waals surface area contributed by atoms with Gasteiger partial charge in [0.05, 0.1) is 23.9 Å². The first-order valence-corrected chi connectivity index (χ1v) is 11.0. The average molecular weight is 442 g/mol. The van der Waals surface area contributed by atoms with Gasteiger partial charge >= 0.3 is 0 Å². The average Bonchev–Trinajstić information content (AvgIpc) is 3.31. The number of anilines is 1. The highest BCUT2D eigenvalue weighted by atomic mass is 32.2. The summed E-state index contributed by atoms with van der Waals surface area (Å²) in [5.74, 6) is 0.509. The lowest BCUT2D eigenvalue weighted by Crippen LogP contribution is -2.24. The lowest BCUT2D eigenvalue weighted by Gasteiger charge is -2.11. The second-order valence-electron chi connectivity index (χ2n) is 6.72. The Hall–Kier alpha value is -3.04. The van der Waals surface area contributed by atoms with Gasteiger partial charge in [0.25, 0.3) is 5.56 Å². The minimum atomic E-state index is -0.261. The SMILES string of the molecule is Cc1sc2nc(SCC(=O)Nc3cccc(O)c3)n(Cc3ccco3)c(=O)c2c1C. The van der Waals surface area contributed by atoms with E-state index >= 15 is 0 Å². The number of benzene rings is 1. The van der Waals surface area contributed by atoms with Crippen LogP contribution in [0.1, 0.15) is 16.2 Å². The fourth-order valence-corrected chi connectivity index (χ4v) is 4.90. The number of amides is 1. The minimum absolute atomic E-state index is 0.0646. The van der Waals surface area contributed by atoms with Crippen LogP contribution < -0.4 is 10.9 Å². The molecule has 4 rings (SSSR count). The van der Waals surface area contributed by atoms with Gasteiger partial charge in [0.2, 0.25) is 5.91 Å². The van der Waals surface area contributed by atoms with Gasteiger partial charge in [0, 0.05) is 16.6 Å². The molecule has 9 heteroatoms. The van der Waals surface area contributed by atoms with E-state index in [2.05, 4.69) is 10.3 Å². The number of aromatic hydroxyl groups is 1. The maximum absolute atomic E-state index is 13.2. The van der Waals surface area contributed by atoms with Crippen molar-refractivity contribution in [1.29, 1.82) is 0 Å². The summed E-state index contributed by atoms with van der Waals surface area (Å²) in [6, 6.07) is 9.90. The number of carbonyl (C=O) groups is 1. The van der Waals surface area contributed by atoms with E-state index in [1.807, 2.05) is 13.8 Å². The molecule has 1 amide bonds. The number of phenols is 1. The number of fused-ring (bicyclic) bond motifs is 1. The number of aromatic nitrogens is 2. The van der Waals surface area contributed by atoms with Crippen LogP contribution in [0.4, 0.5) is 5.69 Å². The Labute approximate surface area is 180 Å². The first kappa shape index (κ1) is 20.2. The van der Waals surface area contributed by atoms with E-state index in [1.54, 1.807) is 35.1 Å². The van der Waals surface area contributed by atoms with Gasteiger partial charge in [-0.2, -0.15) is 0 Å². The lowest BCUT2D eigenvalue weighted by atomic mass is 10.2. The number of furan rings is 1. The number of thiophene rings is 1. The monoisotopic (exact) mass is 441 g/mol. The molecule has 3 aromatic heterocycles. The van der Waals surface area contributed by atoms with Crippen LogP contribution >= 0.6 is 23.1 Å². The van der Waals surface area contributed by atoms with E-state index in [0.717, 1.165) is 10.4 Å². The van der Waals surface area contributed by atoms with E-state index in [4.69, 9.17) is 4.42 Å². The highest BCUT2D eigenvalue weighted by molar-refractivity contribution is 7.99. The predicted octanol–water partition coefficient (Wildman–Crippen LogP) is 4.15. The second kappa shape index (κ2) is 8.37. The third-order valence-corrected chi connectivity index (χ3v) is 6.69. The van der Waals surface area contributed by atoms with Crippen molar-refractivity contribution in [3.05, 3.63) is 69.2 Å². The Balaban J connectivity index is 1.63. The highest BCUT2D eigenvalue weighted by Gasteiger charge is 2.18. The summed E-state index contributed by atoms with van der Waals surface area (Å²) in [6.07, 6.45) is 1.56. The molecule has 0 unspecified atom stereocenters. The Kier molecular flexibility index (Phi) is 5.65. The summed E-state index contributed by atoms with van der Waals surface area (Å²) in [7, 11) is 0. The van der Waals surface area contributed by atoms with Gasteiger partial charge in [0.1, 0.15) is 16.3 Å². The molecule has 7 nitrogen and oxygen atoms in total. The lowest BCUT2D eigenvalue weighted by molar-refractivity contribution is -0.113. The Morgan fingerprint density at radius 3 is 2.87 bits per heavy atom. The number of phenolic OH excluding ortho intramolecular Hbond substituents is 1. The van der Waals surface area contributed by atoms with Crippen molar-refractivity contribution in [3.63, 3.8) is 0 Å². The number of hydrogen-bond acceptors (Lipinski definition) is 7. The molecule has 0 saturated heterocycles. The van der Waals surface area contributed by atoms with Crippen LogP contribution in [0.15, 0.2) is 57.0 Å². The molecule has 0 aliphatic heterocycles. The Morgan fingerprint density at radius 1 is 1.30 bits per heavy atom. The number of nitrogens with one attached hydrogen (secondary N) is 1. The van der Waals surface area contributed by atoms with Crippen LogP contribution in [0.3, 0.4) is 0 Å². The molecule has 0 bridgehead atoms. The number of hydrogen-bond donors (Lipinski definition) is 2. The number of rotatable bonds is 6. The van der Waals surface area contributed by atoms with Crippen molar-refractivity contribution in [2.45, 2.75) is 25.5 Å². The molecular weight excluding hydrogens is 422 g/mol. The molecule has 2 N–H and O–H groups in total. The Morgan fingerprint density at radius 2 is 2.13 bits per heavy atom. The molecule has 0 atom stereocenters. The largest absolute Gasteiger partial charge is 0.508 e. The zero-order valence-electron chi connectivity index (χ0n) is 16.3. The highest BCUT2D eigenvalue weighted by Crippen LogP contribution is 2.29. The first-order chi connectivity index (χ1) is 14.4. The van der Waals surface area contributed by atoms with Crippen molar-refractivity contribution < 1.29 is 14.3 Å². The second-order valence-corrected chi connectivity index (χ2v) is 8.86. The molecule has 3 heterocycles. The normalized spacial score (nSPS) is 11.1.